The number of alkyl halides is 1. The average molecular weight is 228 g/mol. The summed E-state index contributed by atoms with van der Waals surface area (Å²) >= 11 is 3.21. The molecule has 12 heavy (non-hydrogen) atoms. The zero-order valence-corrected chi connectivity index (χ0v) is 7.67. The molecule has 1 aliphatic rings. The first kappa shape index (κ1) is 7.61. The predicted molar refractivity (Wildman–Crippen MR) is 47.9 cm³/mol. The molecule has 0 saturated carbocycles. The molecule has 0 radical (unpaired) electrons. The number of nitrogens with two attached hydrogens (primary N) is 1. The van der Waals surface area contributed by atoms with Crippen LogP contribution in [-0.4, -0.2) is 5.97 Å². The topological polar surface area (TPSA) is 52.3 Å². The summed E-state index contributed by atoms with van der Waals surface area (Å²) in [4.78, 5) is 11.1. The molecule has 2 rings (SSSR count). The Bertz CT molecular complexity index is 351. The minimum absolute atomic E-state index is 0.299. The summed E-state index contributed by atoms with van der Waals surface area (Å²) in [7, 11) is 0. The molecular formula is C8H6BrNO2. The summed E-state index contributed by atoms with van der Waals surface area (Å²) in [5, 5.41) is -0.344. The zero-order chi connectivity index (χ0) is 8.72. The summed E-state index contributed by atoms with van der Waals surface area (Å²) in [5.41, 5.74) is 7.58. The van der Waals surface area contributed by atoms with Gasteiger partial charge < -0.3 is 10.5 Å². The van der Waals surface area contributed by atoms with Crippen LogP contribution in [0.4, 0.5) is 5.69 Å². The van der Waals surface area contributed by atoms with Gasteiger partial charge >= 0.3 is 5.97 Å². The summed E-state index contributed by atoms with van der Waals surface area (Å²) in [5.74, 6) is -0.299. The number of carbonyl (C=O) groups excluding carboxylic acids is 1. The molecule has 4 heteroatoms. The Morgan fingerprint density at radius 1 is 1.50 bits per heavy atom. The number of esters is 1. The van der Waals surface area contributed by atoms with Crippen molar-refractivity contribution in [2.24, 2.45) is 0 Å². The van der Waals surface area contributed by atoms with Crippen LogP contribution in [0.15, 0.2) is 18.2 Å². The molecule has 0 amide bonds. The lowest BCUT2D eigenvalue weighted by Gasteiger charge is -1.99. The lowest BCUT2D eigenvalue weighted by atomic mass is 10.1. The molecule has 1 unspecified atom stereocenters. The van der Waals surface area contributed by atoms with Crippen LogP contribution in [0.5, 0.6) is 0 Å². The highest BCUT2D eigenvalue weighted by atomic mass is 79.9. The molecule has 0 fully saturated rings. The van der Waals surface area contributed by atoms with E-state index in [1.807, 2.05) is 0 Å². The van der Waals surface area contributed by atoms with Gasteiger partial charge in [-0.3, -0.25) is 0 Å². The Kier molecular flexibility index (Phi) is 1.58. The van der Waals surface area contributed by atoms with Crippen LogP contribution in [-0.2, 0) is 4.74 Å². The van der Waals surface area contributed by atoms with Crippen molar-refractivity contribution < 1.29 is 9.53 Å². The van der Waals surface area contributed by atoms with E-state index in [1.54, 1.807) is 18.2 Å². The number of nitrogen functional groups attached to an aromatic ring is 1. The second-order valence-electron chi connectivity index (χ2n) is 2.57. The number of anilines is 1. The van der Waals surface area contributed by atoms with Gasteiger partial charge in [-0.25, -0.2) is 4.79 Å². The number of halogens is 1. The fourth-order valence-corrected chi connectivity index (χ4v) is 1.72. The quantitative estimate of drug-likeness (QED) is 0.418. The summed E-state index contributed by atoms with van der Waals surface area (Å²) in [6.45, 7) is 0. The number of carbonyl (C=O) groups is 1. The van der Waals surface area contributed by atoms with E-state index < -0.39 is 0 Å². The van der Waals surface area contributed by atoms with Gasteiger partial charge in [-0.15, -0.1) is 0 Å². The van der Waals surface area contributed by atoms with Crippen molar-refractivity contribution in [1.82, 2.24) is 0 Å². The van der Waals surface area contributed by atoms with Gasteiger partial charge in [0.1, 0.15) is 0 Å². The fraction of sp³-hybridized carbons (Fsp3) is 0.125. The Balaban J connectivity index is 2.60. The zero-order valence-electron chi connectivity index (χ0n) is 6.08. The lowest BCUT2D eigenvalue weighted by Crippen LogP contribution is -1.93. The highest BCUT2D eigenvalue weighted by molar-refractivity contribution is 9.09. The smallest absolute Gasteiger partial charge is 0.340 e. The third kappa shape index (κ3) is 0.992. The van der Waals surface area contributed by atoms with Crippen molar-refractivity contribution in [2.45, 2.75) is 5.01 Å². The number of hydrogen-bond acceptors (Lipinski definition) is 3. The van der Waals surface area contributed by atoms with Crippen LogP contribution >= 0.6 is 15.9 Å². The first-order valence-electron chi connectivity index (χ1n) is 3.43. The van der Waals surface area contributed by atoms with Crippen molar-refractivity contribution in [2.75, 3.05) is 5.73 Å². The molecule has 0 spiro atoms. The van der Waals surface area contributed by atoms with Crippen molar-refractivity contribution in [3.8, 4) is 0 Å². The van der Waals surface area contributed by atoms with E-state index in [-0.39, 0.29) is 11.0 Å². The standard InChI is InChI=1S/C8H6BrNO2/c9-7-6-3-4(10)1-2-5(6)8(11)12-7/h1-3,7H,10H2. The molecule has 1 heterocycles. The highest BCUT2D eigenvalue weighted by Gasteiger charge is 2.28. The number of cyclic esters (lactones) is 1. The van der Waals surface area contributed by atoms with Gasteiger partial charge in [-0.1, -0.05) is 0 Å². The Labute approximate surface area is 77.6 Å². The van der Waals surface area contributed by atoms with E-state index in [0.717, 1.165) is 5.56 Å². The summed E-state index contributed by atoms with van der Waals surface area (Å²) < 4.78 is 4.91. The van der Waals surface area contributed by atoms with Crippen molar-refractivity contribution >= 4 is 27.6 Å². The third-order valence-electron chi connectivity index (χ3n) is 1.75. The monoisotopic (exact) mass is 227 g/mol. The predicted octanol–water partition coefficient (Wildman–Crippen LogP) is 1.83. The number of benzene rings is 1. The Morgan fingerprint density at radius 2 is 2.25 bits per heavy atom. The Morgan fingerprint density at radius 3 is 3.00 bits per heavy atom. The summed E-state index contributed by atoms with van der Waals surface area (Å²) in [6, 6.07) is 5.10. The first-order chi connectivity index (χ1) is 5.68. The molecule has 1 aromatic carbocycles. The van der Waals surface area contributed by atoms with Gasteiger partial charge in [0, 0.05) is 11.3 Å². The third-order valence-corrected chi connectivity index (χ3v) is 2.43. The summed E-state index contributed by atoms with van der Waals surface area (Å²) in [6.07, 6.45) is 0. The molecule has 0 aromatic heterocycles. The minimum Gasteiger partial charge on any atom is -0.442 e. The van der Waals surface area contributed by atoms with E-state index in [1.165, 1.54) is 0 Å². The molecule has 62 valence electrons. The van der Waals surface area contributed by atoms with Gasteiger partial charge in [-0.2, -0.15) is 0 Å². The fourth-order valence-electron chi connectivity index (χ4n) is 1.18. The second-order valence-corrected chi connectivity index (χ2v) is 3.40. The normalized spacial score (nSPS) is 20.4. The van der Waals surface area contributed by atoms with Gasteiger partial charge in [0.25, 0.3) is 0 Å². The largest absolute Gasteiger partial charge is 0.442 e. The van der Waals surface area contributed by atoms with Gasteiger partial charge in [0.15, 0.2) is 5.01 Å². The van der Waals surface area contributed by atoms with Gasteiger partial charge in [0.2, 0.25) is 0 Å². The number of fused-ring (bicyclic) bond motifs is 1. The maximum absolute atomic E-state index is 11.1. The van der Waals surface area contributed by atoms with Crippen LogP contribution in [0.2, 0.25) is 0 Å². The molecule has 0 bridgehead atoms. The van der Waals surface area contributed by atoms with E-state index in [0.29, 0.717) is 11.3 Å². The van der Waals surface area contributed by atoms with E-state index >= 15 is 0 Å². The van der Waals surface area contributed by atoms with Crippen molar-refractivity contribution in [1.29, 1.82) is 0 Å². The number of rotatable bonds is 0. The molecule has 0 saturated heterocycles. The molecule has 1 atom stereocenters. The van der Waals surface area contributed by atoms with Crippen molar-refractivity contribution in [3.05, 3.63) is 29.3 Å². The highest BCUT2D eigenvalue weighted by Crippen LogP contribution is 2.35. The number of hydrogen-bond donors (Lipinski definition) is 1. The maximum Gasteiger partial charge on any atom is 0.340 e. The van der Waals surface area contributed by atoms with E-state index in [9.17, 15) is 4.79 Å². The second kappa shape index (κ2) is 2.48. The van der Waals surface area contributed by atoms with Crippen LogP contribution in [0.25, 0.3) is 0 Å². The van der Waals surface area contributed by atoms with Crippen LogP contribution in [0.1, 0.15) is 20.9 Å². The van der Waals surface area contributed by atoms with Crippen LogP contribution in [0.3, 0.4) is 0 Å². The molecule has 0 aliphatic carbocycles. The van der Waals surface area contributed by atoms with Crippen LogP contribution < -0.4 is 5.73 Å². The SMILES string of the molecule is Nc1ccc2c(c1)C(Br)OC2=O. The molecule has 1 aromatic rings. The lowest BCUT2D eigenvalue weighted by molar-refractivity contribution is 0.0530. The van der Waals surface area contributed by atoms with E-state index in [4.69, 9.17) is 10.5 Å². The maximum atomic E-state index is 11.1. The minimum atomic E-state index is -0.344. The van der Waals surface area contributed by atoms with E-state index in [2.05, 4.69) is 15.9 Å². The average Bonchev–Trinajstić information content (AvgIpc) is 2.28. The molecular weight excluding hydrogens is 222 g/mol. The first-order valence-corrected chi connectivity index (χ1v) is 4.34. The molecule has 2 N–H and O–H groups in total. The van der Waals surface area contributed by atoms with Gasteiger partial charge in [-0.05, 0) is 34.1 Å². The van der Waals surface area contributed by atoms with Gasteiger partial charge in [0.05, 0.1) is 5.56 Å². The van der Waals surface area contributed by atoms with Crippen molar-refractivity contribution in [3.63, 3.8) is 0 Å². The van der Waals surface area contributed by atoms with Crippen LogP contribution in [0, 0.1) is 0 Å². The Hall–Kier alpha value is -1.03. The number of ether oxygens (including phenoxy) is 1. The molecule has 1 aliphatic heterocycles. The molecule has 3 nitrogen and oxygen atoms in total.